The molecule has 1 aliphatic heterocycles. The molecule has 1 aromatic carbocycles. The highest BCUT2D eigenvalue weighted by Gasteiger charge is 2.26. The maximum atomic E-state index is 5.92. The third-order valence-electron chi connectivity index (χ3n) is 5.01. The molecule has 0 bridgehead atoms. The number of nitrogens with one attached hydrogen (secondary N) is 1. The Morgan fingerprint density at radius 2 is 1.91 bits per heavy atom. The number of hydrogen-bond donors (Lipinski definition) is 1. The molecule has 1 fully saturated rings. The summed E-state index contributed by atoms with van der Waals surface area (Å²) in [5, 5.41) is 1.64. The lowest BCUT2D eigenvalue weighted by atomic mass is 9.48. The van der Waals surface area contributed by atoms with E-state index in [1.807, 2.05) is 0 Å². The number of nitrogens with zero attached hydrogens (tertiary/aromatic N) is 1. The molecule has 2 heterocycles. The van der Waals surface area contributed by atoms with E-state index in [1.165, 1.54) is 35.0 Å². The molecule has 1 aliphatic carbocycles. The van der Waals surface area contributed by atoms with Crippen molar-refractivity contribution in [2.45, 2.75) is 37.0 Å². The number of aromatic nitrogens is 1. The van der Waals surface area contributed by atoms with Crippen molar-refractivity contribution < 1.29 is 4.74 Å². The molecule has 2 aromatic rings. The summed E-state index contributed by atoms with van der Waals surface area (Å²) < 4.78 is 5.92. The van der Waals surface area contributed by atoms with Gasteiger partial charge in [-0.05, 0) is 37.0 Å². The van der Waals surface area contributed by atoms with Gasteiger partial charge >= 0.3 is 0 Å². The molecule has 0 amide bonds. The van der Waals surface area contributed by atoms with Crippen LogP contribution in [0.5, 0.6) is 5.75 Å². The highest BCUT2D eigenvalue weighted by Crippen LogP contribution is 2.32. The van der Waals surface area contributed by atoms with Gasteiger partial charge in [-0.25, -0.2) is 0 Å². The third kappa shape index (κ3) is 2.69. The number of ether oxygens (including phenoxy) is 1. The zero-order valence-corrected chi connectivity index (χ0v) is 13.9. The van der Waals surface area contributed by atoms with Gasteiger partial charge in [-0.1, -0.05) is 5.24 Å². The average Bonchev–Trinajstić information content (AvgIpc) is 3.22. The van der Waals surface area contributed by atoms with Gasteiger partial charge in [-0.3, -0.25) is 0 Å². The maximum Gasteiger partial charge on any atom is 0.121 e. The number of fused-ring (bicyclic) bond motifs is 3. The molecule has 0 atom stereocenters. The van der Waals surface area contributed by atoms with Gasteiger partial charge in [0, 0.05) is 42.2 Å². The molecule has 3 nitrogen and oxygen atoms in total. The van der Waals surface area contributed by atoms with E-state index in [0.29, 0.717) is 6.10 Å². The summed E-state index contributed by atoms with van der Waals surface area (Å²) in [4.78, 5) is 6.25. The van der Waals surface area contributed by atoms with E-state index in [-0.39, 0.29) is 5.24 Å². The summed E-state index contributed by atoms with van der Waals surface area (Å²) in [6, 6.07) is 6.57. The van der Waals surface area contributed by atoms with Gasteiger partial charge in [0.2, 0.25) is 0 Å². The van der Waals surface area contributed by atoms with Crippen LogP contribution in [0.1, 0.15) is 24.1 Å². The second-order valence-corrected chi connectivity index (χ2v) is 7.76. The quantitative estimate of drug-likeness (QED) is 0.781. The molecule has 1 N–H and O–H groups in total. The smallest absolute Gasteiger partial charge is 0.121 e. The zero-order chi connectivity index (χ0) is 15.3. The lowest BCUT2D eigenvalue weighted by Gasteiger charge is -2.35. The SMILES string of the molecule is BC(B)(B)N1CCc2[nH]c3cc(OC4CC4)ccc3c2CC1. The van der Waals surface area contributed by atoms with Gasteiger partial charge < -0.3 is 14.6 Å². The van der Waals surface area contributed by atoms with Gasteiger partial charge in [-0.2, -0.15) is 0 Å². The predicted molar refractivity (Wildman–Crippen MR) is 99.3 cm³/mol. The largest absolute Gasteiger partial charge is 0.490 e. The highest BCUT2D eigenvalue weighted by atomic mass is 16.5. The molecule has 112 valence electrons. The summed E-state index contributed by atoms with van der Waals surface area (Å²) in [6.07, 6.45) is 5.13. The van der Waals surface area contributed by atoms with Crippen molar-refractivity contribution in [3.05, 3.63) is 29.5 Å². The van der Waals surface area contributed by atoms with Crippen molar-refractivity contribution in [1.82, 2.24) is 9.88 Å². The van der Waals surface area contributed by atoms with Crippen molar-refractivity contribution in [3.63, 3.8) is 0 Å². The van der Waals surface area contributed by atoms with E-state index in [1.54, 1.807) is 0 Å². The van der Waals surface area contributed by atoms with Crippen LogP contribution in [-0.4, -0.2) is 57.9 Å². The number of aromatic amines is 1. The third-order valence-corrected chi connectivity index (χ3v) is 5.01. The van der Waals surface area contributed by atoms with Crippen molar-refractivity contribution >= 4 is 34.4 Å². The second kappa shape index (κ2) is 5.12. The Labute approximate surface area is 135 Å². The van der Waals surface area contributed by atoms with E-state index in [9.17, 15) is 0 Å². The van der Waals surface area contributed by atoms with E-state index >= 15 is 0 Å². The van der Waals surface area contributed by atoms with Crippen LogP contribution in [0.4, 0.5) is 0 Å². The number of benzene rings is 1. The molecule has 0 unspecified atom stereocenters. The monoisotopic (exact) mass is 292 g/mol. The van der Waals surface area contributed by atoms with Gasteiger partial charge in [0.1, 0.15) is 29.3 Å². The lowest BCUT2D eigenvalue weighted by Crippen LogP contribution is -2.51. The van der Waals surface area contributed by atoms with Crippen molar-refractivity contribution in [1.29, 1.82) is 0 Å². The zero-order valence-electron chi connectivity index (χ0n) is 13.9. The van der Waals surface area contributed by atoms with Crippen LogP contribution in [0.2, 0.25) is 0 Å². The summed E-state index contributed by atoms with van der Waals surface area (Å²) in [6.45, 7) is 2.28. The highest BCUT2D eigenvalue weighted by molar-refractivity contribution is 6.59. The molecular formula is C16H23B3N2O. The molecule has 0 spiro atoms. The van der Waals surface area contributed by atoms with Crippen LogP contribution in [-0.2, 0) is 12.8 Å². The maximum absolute atomic E-state index is 5.92. The fourth-order valence-corrected chi connectivity index (χ4v) is 3.52. The van der Waals surface area contributed by atoms with Crippen LogP contribution >= 0.6 is 0 Å². The Morgan fingerprint density at radius 1 is 1.14 bits per heavy atom. The topological polar surface area (TPSA) is 28.3 Å². The van der Waals surface area contributed by atoms with E-state index < -0.39 is 0 Å². The minimum Gasteiger partial charge on any atom is -0.490 e. The van der Waals surface area contributed by atoms with Gasteiger partial charge in [0.25, 0.3) is 0 Å². The van der Waals surface area contributed by atoms with E-state index in [0.717, 1.165) is 31.7 Å². The first kappa shape index (κ1) is 14.3. The van der Waals surface area contributed by atoms with Gasteiger partial charge in [0.15, 0.2) is 0 Å². The molecule has 0 radical (unpaired) electrons. The van der Waals surface area contributed by atoms with E-state index in [2.05, 4.69) is 51.6 Å². The summed E-state index contributed by atoms with van der Waals surface area (Å²) >= 11 is 0. The minimum atomic E-state index is 0.255. The van der Waals surface area contributed by atoms with Crippen molar-refractivity contribution in [2.75, 3.05) is 13.1 Å². The van der Waals surface area contributed by atoms with E-state index in [4.69, 9.17) is 4.74 Å². The molecule has 4 rings (SSSR count). The number of H-pyrrole nitrogens is 1. The fourth-order valence-electron chi connectivity index (χ4n) is 3.52. The molecule has 1 saturated carbocycles. The predicted octanol–water partition coefficient (Wildman–Crippen LogP) is -0.380. The number of hydrogen-bond acceptors (Lipinski definition) is 2. The summed E-state index contributed by atoms with van der Waals surface area (Å²) in [7, 11) is 6.94. The van der Waals surface area contributed by atoms with Crippen molar-refractivity contribution in [3.8, 4) is 5.75 Å². The summed E-state index contributed by atoms with van der Waals surface area (Å²) in [5.74, 6) is 1.02. The Morgan fingerprint density at radius 3 is 2.64 bits per heavy atom. The normalized spacial score (nSPS) is 19.8. The Balaban J connectivity index is 1.62. The number of rotatable bonds is 3. The van der Waals surface area contributed by atoms with Crippen LogP contribution < -0.4 is 4.74 Å². The molecule has 6 heteroatoms. The molecular weight excluding hydrogens is 269 g/mol. The van der Waals surface area contributed by atoms with Gasteiger partial charge in [0.05, 0.1) is 6.10 Å². The molecule has 22 heavy (non-hydrogen) atoms. The first-order chi connectivity index (χ1) is 10.5. The van der Waals surface area contributed by atoms with Crippen LogP contribution in [0, 0.1) is 0 Å². The molecule has 0 saturated heterocycles. The fraction of sp³-hybridized carbons (Fsp3) is 0.500. The minimum absolute atomic E-state index is 0.255. The second-order valence-electron chi connectivity index (χ2n) is 7.76. The standard InChI is InChI=1S/C16H23B3N2O/c17-16(18,19)21-7-5-13-12-4-3-11(22-10-1-2-10)9-15(12)20-14(13)6-8-21/h3-4,9-10,20H,1-2,5-8,17-19H2. The first-order valence-corrected chi connectivity index (χ1v) is 8.56. The summed E-state index contributed by atoms with van der Waals surface area (Å²) in [5.41, 5.74) is 4.18. The molecule has 1 aromatic heterocycles. The van der Waals surface area contributed by atoms with Gasteiger partial charge in [-0.15, -0.1) is 0 Å². The van der Waals surface area contributed by atoms with Crippen LogP contribution in [0.15, 0.2) is 18.2 Å². The average molecular weight is 292 g/mol. The Hall–Kier alpha value is -1.29. The Kier molecular flexibility index (Phi) is 3.33. The van der Waals surface area contributed by atoms with Crippen LogP contribution in [0.3, 0.4) is 0 Å². The lowest BCUT2D eigenvalue weighted by molar-refractivity contribution is 0.287. The first-order valence-electron chi connectivity index (χ1n) is 8.56. The van der Waals surface area contributed by atoms with Crippen molar-refractivity contribution in [2.24, 2.45) is 0 Å². The van der Waals surface area contributed by atoms with Crippen LogP contribution in [0.25, 0.3) is 10.9 Å². The molecule has 2 aliphatic rings. The Bertz CT molecular complexity index is 703.